The fourth-order valence-corrected chi connectivity index (χ4v) is 4.68. The van der Waals surface area contributed by atoms with E-state index >= 15 is 0 Å². The number of aromatic nitrogens is 3. The van der Waals surface area contributed by atoms with Gasteiger partial charge in [0.2, 0.25) is 11.8 Å². The van der Waals surface area contributed by atoms with Crippen LogP contribution in [0.5, 0.6) is 5.88 Å². The van der Waals surface area contributed by atoms with Gasteiger partial charge in [-0.1, -0.05) is 6.07 Å². The maximum absolute atomic E-state index is 15.0. The lowest BCUT2D eigenvalue weighted by atomic mass is 10.0. The SMILES string of the molecule is COc1nc(N[C@@H]2CCN(C3COC3)C[C@H]2F)nn2ccc(-c3ccc(N=N)c(N[C@H](C)C(F)(F)F)c3)c12. The highest BCUT2D eigenvalue weighted by Gasteiger charge is 2.37. The van der Waals surface area contributed by atoms with Crippen LogP contribution in [0.2, 0.25) is 0 Å². The molecule has 0 bridgehead atoms. The van der Waals surface area contributed by atoms with Gasteiger partial charge in [0.1, 0.15) is 23.4 Å². The number of anilines is 2. The third-order valence-corrected chi connectivity index (χ3v) is 6.99. The second-order valence-corrected chi connectivity index (χ2v) is 9.46. The van der Waals surface area contributed by atoms with Crippen molar-refractivity contribution in [2.24, 2.45) is 5.11 Å². The Labute approximate surface area is 215 Å². The van der Waals surface area contributed by atoms with Crippen LogP contribution in [0.1, 0.15) is 13.3 Å². The van der Waals surface area contributed by atoms with Crippen LogP contribution in [0.25, 0.3) is 16.6 Å². The number of halogens is 4. The van der Waals surface area contributed by atoms with E-state index in [0.717, 1.165) is 13.5 Å². The van der Waals surface area contributed by atoms with Crippen molar-refractivity contribution in [1.82, 2.24) is 19.5 Å². The van der Waals surface area contributed by atoms with Gasteiger partial charge in [0.25, 0.3) is 0 Å². The van der Waals surface area contributed by atoms with Gasteiger partial charge in [-0.25, -0.2) is 14.4 Å². The van der Waals surface area contributed by atoms with Crippen molar-refractivity contribution in [3.05, 3.63) is 30.5 Å². The number of piperidine rings is 1. The number of alkyl halides is 4. The van der Waals surface area contributed by atoms with Crippen molar-refractivity contribution in [3.8, 4) is 17.0 Å². The van der Waals surface area contributed by atoms with E-state index in [-0.39, 0.29) is 29.2 Å². The molecule has 2 aromatic heterocycles. The molecule has 3 aromatic rings. The van der Waals surface area contributed by atoms with Crippen molar-refractivity contribution in [3.63, 3.8) is 0 Å². The normalized spacial score (nSPS) is 21.6. The standard InChI is InChI=1S/C24H28F4N8O2/c1-13(24(26,27)28)30-20-9-14(3-4-19(20)33-29)16-5-8-36-21(16)22(37-2)32-23(34-36)31-18-6-7-35(10-17(18)25)15-11-38-12-15/h3-5,8-9,13,15,17-18,29-30H,6-7,10-12H2,1-2H3,(H,31,34)/t13-,17-,18-/m1/s1. The predicted octanol–water partition coefficient (Wildman–Crippen LogP) is 4.65. The first-order valence-corrected chi connectivity index (χ1v) is 12.2. The molecule has 3 N–H and O–H groups in total. The topological polar surface area (TPSA) is 112 Å². The molecule has 5 rings (SSSR count). The average Bonchev–Trinajstić information content (AvgIpc) is 3.27. The van der Waals surface area contributed by atoms with Gasteiger partial charge in [-0.05, 0) is 37.1 Å². The number of benzene rings is 1. The van der Waals surface area contributed by atoms with Gasteiger partial charge >= 0.3 is 6.18 Å². The highest BCUT2D eigenvalue weighted by Crippen LogP contribution is 2.37. The molecule has 3 atom stereocenters. The van der Waals surface area contributed by atoms with E-state index in [4.69, 9.17) is 15.0 Å². The number of fused-ring (bicyclic) bond motifs is 1. The minimum absolute atomic E-state index is 0.0636. The van der Waals surface area contributed by atoms with Crippen LogP contribution in [0.4, 0.5) is 34.9 Å². The van der Waals surface area contributed by atoms with Crippen LogP contribution in [0, 0.1) is 5.53 Å². The third-order valence-electron chi connectivity index (χ3n) is 6.99. The molecule has 2 aliphatic rings. The molecule has 38 heavy (non-hydrogen) atoms. The van der Waals surface area contributed by atoms with Gasteiger partial charge in [-0.2, -0.15) is 23.3 Å². The molecule has 0 spiro atoms. The van der Waals surface area contributed by atoms with Gasteiger partial charge in [-0.15, -0.1) is 5.10 Å². The van der Waals surface area contributed by atoms with Gasteiger partial charge in [-0.3, -0.25) is 4.90 Å². The largest absolute Gasteiger partial charge is 0.479 e. The molecule has 14 heteroatoms. The Morgan fingerprint density at radius 3 is 2.68 bits per heavy atom. The number of methoxy groups -OCH3 is 1. The molecule has 0 radical (unpaired) electrons. The Morgan fingerprint density at radius 1 is 1.26 bits per heavy atom. The maximum atomic E-state index is 15.0. The average molecular weight is 537 g/mol. The Bertz CT molecular complexity index is 1310. The molecule has 0 aliphatic carbocycles. The summed E-state index contributed by atoms with van der Waals surface area (Å²) in [5, 5.41) is 13.3. The lowest BCUT2D eigenvalue weighted by molar-refractivity contribution is -0.138. The van der Waals surface area contributed by atoms with Crippen LogP contribution in [0.15, 0.2) is 35.6 Å². The molecule has 0 amide bonds. The van der Waals surface area contributed by atoms with E-state index < -0.39 is 24.4 Å². The molecule has 2 fully saturated rings. The fourth-order valence-electron chi connectivity index (χ4n) is 4.68. The summed E-state index contributed by atoms with van der Waals surface area (Å²) in [5.74, 6) is 0.420. The molecule has 0 saturated carbocycles. The van der Waals surface area contributed by atoms with Crippen molar-refractivity contribution >= 4 is 22.8 Å². The lowest BCUT2D eigenvalue weighted by Gasteiger charge is -2.42. The maximum Gasteiger partial charge on any atom is 0.408 e. The van der Waals surface area contributed by atoms with Crippen LogP contribution < -0.4 is 15.4 Å². The zero-order valence-corrected chi connectivity index (χ0v) is 20.8. The number of hydrogen-bond acceptors (Lipinski definition) is 9. The van der Waals surface area contributed by atoms with E-state index in [9.17, 15) is 17.6 Å². The molecule has 2 saturated heterocycles. The Kier molecular flexibility index (Phi) is 7.09. The molecule has 2 aliphatic heterocycles. The molecule has 204 valence electrons. The number of nitrogens with one attached hydrogen (secondary N) is 3. The van der Waals surface area contributed by atoms with Crippen molar-refractivity contribution in [2.75, 3.05) is 44.0 Å². The summed E-state index contributed by atoms with van der Waals surface area (Å²) in [6.07, 6.45) is -3.33. The minimum Gasteiger partial charge on any atom is -0.479 e. The van der Waals surface area contributed by atoms with Gasteiger partial charge in [0.15, 0.2) is 0 Å². The second-order valence-electron chi connectivity index (χ2n) is 9.46. The molecule has 0 unspecified atom stereocenters. The Balaban J connectivity index is 1.41. The first-order valence-electron chi connectivity index (χ1n) is 12.2. The summed E-state index contributed by atoms with van der Waals surface area (Å²) < 4.78 is 66.6. The van der Waals surface area contributed by atoms with Crippen LogP contribution in [-0.2, 0) is 4.74 Å². The van der Waals surface area contributed by atoms with Gasteiger partial charge in [0, 0.05) is 24.8 Å². The predicted molar refractivity (Wildman–Crippen MR) is 132 cm³/mol. The van der Waals surface area contributed by atoms with Crippen molar-refractivity contribution in [1.29, 1.82) is 5.53 Å². The number of nitrogens with zero attached hydrogens (tertiary/aromatic N) is 5. The number of likely N-dealkylation sites (tertiary alicyclic amines) is 1. The smallest absolute Gasteiger partial charge is 0.408 e. The molecule has 4 heterocycles. The monoisotopic (exact) mass is 536 g/mol. The summed E-state index contributed by atoms with van der Waals surface area (Å²) >= 11 is 0. The summed E-state index contributed by atoms with van der Waals surface area (Å²) in [7, 11) is 1.44. The zero-order valence-electron chi connectivity index (χ0n) is 20.8. The van der Waals surface area contributed by atoms with Crippen molar-refractivity contribution < 1.29 is 27.0 Å². The molecule has 1 aromatic carbocycles. The lowest BCUT2D eigenvalue weighted by Crippen LogP contribution is -2.57. The molecular formula is C24H28F4N8O2. The summed E-state index contributed by atoms with van der Waals surface area (Å²) in [6, 6.07) is 4.30. The second kappa shape index (κ2) is 10.3. The van der Waals surface area contributed by atoms with Gasteiger partial charge in [0.05, 0.1) is 38.1 Å². The van der Waals surface area contributed by atoms with E-state index in [1.807, 2.05) is 0 Å². The Hall–Kier alpha value is -3.52. The van der Waals surface area contributed by atoms with Crippen molar-refractivity contribution in [2.45, 2.75) is 43.8 Å². The number of hydrogen-bond donors (Lipinski definition) is 3. The first kappa shape index (κ1) is 26.1. The zero-order chi connectivity index (χ0) is 27.0. The number of ether oxygens (including phenoxy) is 2. The minimum atomic E-state index is -4.47. The Morgan fingerprint density at radius 2 is 2.05 bits per heavy atom. The summed E-state index contributed by atoms with van der Waals surface area (Å²) in [6.45, 7) is 3.31. The van der Waals surface area contributed by atoms with Crippen LogP contribution >= 0.6 is 0 Å². The highest BCUT2D eigenvalue weighted by atomic mass is 19.4. The summed E-state index contributed by atoms with van der Waals surface area (Å²) in [5.41, 5.74) is 9.10. The van der Waals surface area contributed by atoms with Crippen LogP contribution in [0.3, 0.4) is 0 Å². The van der Waals surface area contributed by atoms with E-state index in [1.54, 1.807) is 18.3 Å². The third kappa shape index (κ3) is 5.10. The van der Waals surface area contributed by atoms with Gasteiger partial charge < -0.3 is 20.1 Å². The number of rotatable bonds is 8. The molecule has 10 nitrogen and oxygen atoms in total. The summed E-state index contributed by atoms with van der Waals surface area (Å²) in [4.78, 5) is 6.55. The quantitative estimate of drug-likeness (QED) is 0.284. The fraction of sp³-hybridized carbons (Fsp3) is 0.500. The van der Waals surface area contributed by atoms with E-state index in [2.05, 4.69) is 30.7 Å². The van der Waals surface area contributed by atoms with Crippen LogP contribution in [-0.4, -0.2) is 83.4 Å². The molecular weight excluding hydrogens is 508 g/mol. The van der Waals surface area contributed by atoms with E-state index in [1.165, 1.54) is 23.8 Å². The highest BCUT2D eigenvalue weighted by molar-refractivity contribution is 5.87. The first-order chi connectivity index (χ1) is 18.2. The van der Waals surface area contributed by atoms with E-state index in [0.29, 0.717) is 42.8 Å².